The third-order valence-electron chi connectivity index (χ3n) is 3.15. The van der Waals surface area contributed by atoms with Gasteiger partial charge in [-0.05, 0) is 38.5 Å². The lowest BCUT2D eigenvalue weighted by Crippen LogP contribution is -2.40. The first-order chi connectivity index (χ1) is 6.26. The second kappa shape index (κ2) is 5.61. The van der Waals surface area contributed by atoms with Gasteiger partial charge in [-0.2, -0.15) is 0 Å². The lowest BCUT2D eigenvalue weighted by molar-refractivity contribution is 0.114. The molecular formula is C11H23NO. The molecule has 0 unspecified atom stereocenters. The smallest absolute Gasteiger partial charge is 0.0541 e. The maximum atomic E-state index is 9.35. The van der Waals surface area contributed by atoms with Crippen molar-refractivity contribution >= 4 is 0 Å². The molecule has 1 rings (SSSR count). The van der Waals surface area contributed by atoms with Crippen molar-refractivity contribution < 1.29 is 5.11 Å². The molecular weight excluding hydrogens is 162 g/mol. The molecule has 0 spiro atoms. The number of hydrogen-bond donors (Lipinski definition) is 2. The third-order valence-corrected chi connectivity index (χ3v) is 3.15. The van der Waals surface area contributed by atoms with Gasteiger partial charge >= 0.3 is 0 Å². The van der Waals surface area contributed by atoms with Gasteiger partial charge in [-0.15, -0.1) is 0 Å². The summed E-state index contributed by atoms with van der Waals surface area (Å²) in [6.07, 6.45) is 6.68. The van der Waals surface area contributed by atoms with E-state index in [-0.39, 0.29) is 6.10 Å². The van der Waals surface area contributed by atoms with E-state index in [1.54, 1.807) is 0 Å². The molecule has 0 amide bonds. The number of hydrogen-bond acceptors (Lipinski definition) is 2. The highest BCUT2D eigenvalue weighted by atomic mass is 16.3. The van der Waals surface area contributed by atoms with Crippen molar-refractivity contribution in [3.63, 3.8) is 0 Å². The van der Waals surface area contributed by atoms with Crippen LogP contribution in [0.1, 0.15) is 52.4 Å². The molecule has 1 aliphatic rings. The summed E-state index contributed by atoms with van der Waals surface area (Å²) in [6, 6.07) is 1.34. The SMILES string of the molecule is CCC(CC)N[C@H]1CC[C@@H](O)CC1. The fourth-order valence-corrected chi connectivity index (χ4v) is 2.10. The first-order valence-electron chi connectivity index (χ1n) is 5.70. The molecule has 78 valence electrons. The number of aliphatic hydroxyl groups excluding tert-OH is 1. The van der Waals surface area contributed by atoms with Crippen LogP contribution in [-0.4, -0.2) is 23.3 Å². The van der Waals surface area contributed by atoms with E-state index in [1.165, 1.54) is 12.8 Å². The molecule has 1 saturated carbocycles. The summed E-state index contributed by atoms with van der Waals surface area (Å²) in [6.45, 7) is 4.47. The Bertz CT molecular complexity index is 126. The summed E-state index contributed by atoms with van der Waals surface area (Å²) in [4.78, 5) is 0. The highest BCUT2D eigenvalue weighted by Gasteiger charge is 2.20. The Morgan fingerprint density at radius 1 is 1.15 bits per heavy atom. The van der Waals surface area contributed by atoms with Crippen LogP contribution in [0.15, 0.2) is 0 Å². The first-order valence-corrected chi connectivity index (χ1v) is 5.70. The van der Waals surface area contributed by atoms with E-state index in [1.807, 2.05) is 0 Å². The minimum absolute atomic E-state index is 0.0280. The van der Waals surface area contributed by atoms with E-state index < -0.39 is 0 Å². The maximum absolute atomic E-state index is 9.35. The van der Waals surface area contributed by atoms with Crippen molar-refractivity contribution in [1.82, 2.24) is 5.32 Å². The Balaban J connectivity index is 2.21. The molecule has 0 aromatic rings. The maximum Gasteiger partial charge on any atom is 0.0541 e. The predicted molar refractivity (Wildman–Crippen MR) is 55.8 cm³/mol. The largest absolute Gasteiger partial charge is 0.393 e. The number of aliphatic hydroxyl groups is 1. The fourth-order valence-electron chi connectivity index (χ4n) is 2.10. The molecule has 2 heteroatoms. The van der Waals surface area contributed by atoms with Gasteiger partial charge in [0.1, 0.15) is 0 Å². The summed E-state index contributed by atoms with van der Waals surface area (Å²) in [7, 11) is 0. The summed E-state index contributed by atoms with van der Waals surface area (Å²) < 4.78 is 0. The van der Waals surface area contributed by atoms with E-state index in [9.17, 15) is 5.11 Å². The Labute approximate surface area is 81.7 Å². The fraction of sp³-hybridized carbons (Fsp3) is 1.00. The second-order valence-electron chi connectivity index (χ2n) is 4.19. The van der Waals surface area contributed by atoms with Crippen LogP contribution in [0.5, 0.6) is 0 Å². The van der Waals surface area contributed by atoms with Crippen molar-refractivity contribution in [3.8, 4) is 0 Å². The molecule has 0 heterocycles. The van der Waals surface area contributed by atoms with Crippen molar-refractivity contribution in [3.05, 3.63) is 0 Å². The van der Waals surface area contributed by atoms with E-state index in [0.717, 1.165) is 25.7 Å². The summed E-state index contributed by atoms with van der Waals surface area (Å²) >= 11 is 0. The average Bonchev–Trinajstić information content (AvgIpc) is 2.17. The topological polar surface area (TPSA) is 32.3 Å². The highest BCUT2D eigenvalue weighted by Crippen LogP contribution is 2.19. The Hall–Kier alpha value is -0.0800. The Kier molecular flexibility index (Phi) is 4.74. The van der Waals surface area contributed by atoms with Gasteiger partial charge in [0.25, 0.3) is 0 Å². The Morgan fingerprint density at radius 2 is 1.69 bits per heavy atom. The zero-order valence-electron chi connectivity index (χ0n) is 8.92. The van der Waals surface area contributed by atoms with Crippen LogP contribution in [0.25, 0.3) is 0 Å². The van der Waals surface area contributed by atoms with Gasteiger partial charge in [0.15, 0.2) is 0 Å². The van der Waals surface area contributed by atoms with Crippen LogP contribution in [0.3, 0.4) is 0 Å². The molecule has 0 aromatic carbocycles. The summed E-state index contributed by atoms with van der Waals surface area (Å²) in [5.41, 5.74) is 0. The van der Waals surface area contributed by atoms with Gasteiger partial charge in [-0.1, -0.05) is 13.8 Å². The van der Waals surface area contributed by atoms with Gasteiger partial charge in [-0.25, -0.2) is 0 Å². The van der Waals surface area contributed by atoms with Gasteiger partial charge in [0, 0.05) is 12.1 Å². The molecule has 2 nitrogen and oxygen atoms in total. The lowest BCUT2D eigenvalue weighted by Gasteiger charge is -2.29. The molecule has 0 radical (unpaired) electrons. The van der Waals surface area contributed by atoms with E-state index in [2.05, 4.69) is 19.2 Å². The third kappa shape index (κ3) is 3.65. The summed E-state index contributed by atoms with van der Waals surface area (Å²) in [5, 5.41) is 13.0. The van der Waals surface area contributed by atoms with Gasteiger partial charge in [0.2, 0.25) is 0 Å². The monoisotopic (exact) mass is 185 g/mol. The average molecular weight is 185 g/mol. The standard InChI is InChI=1S/C11H23NO/c1-3-9(4-2)12-10-5-7-11(13)8-6-10/h9-13H,3-8H2,1-2H3/t10-,11+. The van der Waals surface area contributed by atoms with Crippen LogP contribution in [-0.2, 0) is 0 Å². The highest BCUT2D eigenvalue weighted by molar-refractivity contribution is 4.79. The van der Waals surface area contributed by atoms with Crippen LogP contribution >= 0.6 is 0 Å². The molecule has 1 fully saturated rings. The van der Waals surface area contributed by atoms with E-state index >= 15 is 0 Å². The quantitative estimate of drug-likeness (QED) is 0.702. The molecule has 0 aromatic heterocycles. The van der Waals surface area contributed by atoms with Crippen LogP contribution < -0.4 is 5.32 Å². The lowest BCUT2D eigenvalue weighted by atomic mass is 9.92. The summed E-state index contributed by atoms with van der Waals surface area (Å²) in [5.74, 6) is 0. The van der Waals surface area contributed by atoms with Crippen LogP contribution in [0.4, 0.5) is 0 Å². The first kappa shape index (κ1) is 11.0. The molecule has 2 N–H and O–H groups in total. The van der Waals surface area contributed by atoms with Crippen molar-refractivity contribution in [2.45, 2.75) is 70.6 Å². The molecule has 13 heavy (non-hydrogen) atoms. The van der Waals surface area contributed by atoms with Crippen LogP contribution in [0, 0.1) is 0 Å². The second-order valence-corrected chi connectivity index (χ2v) is 4.19. The number of rotatable bonds is 4. The molecule has 0 bridgehead atoms. The zero-order chi connectivity index (χ0) is 9.68. The zero-order valence-corrected chi connectivity index (χ0v) is 8.92. The molecule has 0 atom stereocenters. The van der Waals surface area contributed by atoms with Crippen LogP contribution in [0.2, 0.25) is 0 Å². The molecule has 1 aliphatic carbocycles. The normalized spacial score (nSPS) is 29.5. The minimum atomic E-state index is -0.0280. The van der Waals surface area contributed by atoms with Gasteiger partial charge in [-0.3, -0.25) is 0 Å². The van der Waals surface area contributed by atoms with Crippen molar-refractivity contribution in [2.75, 3.05) is 0 Å². The van der Waals surface area contributed by atoms with Gasteiger partial charge < -0.3 is 10.4 Å². The predicted octanol–water partition coefficient (Wildman–Crippen LogP) is 2.07. The van der Waals surface area contributed by atoms with Crippen molar-refractivity contribution in [2.24, 2.45) is 0 Å². The number of nitrogens with one attached hydrogen (secondary N) is 1. The molecule has 0 saturated heterocycles. The van der Waals surface area contributed by atoms with E-state index in [4.69, 9.17) is 0 Å². The van der Waals surface area contributed by atoms with E-state index in [0.29, 0.717) is 12.1 Å². The molecule has 0 aliphatic heterocycles. The minimum Gasteiger partial charge on any atom is -0.393 e. The van der Waals surface area contributed by atoms with Gasteiger partial charge in [0.05, 0.1) is 6.10 Å². The van der Waals surface area contributed by atoms with Crippen molar-refractivity contribution in [1.29, 1.82) is 0 Å². The Morgan fingerprint density at radius 3 is 2.15 bits per heavy atom.